The zero-order valence-electron chi connectivity index (χ0n) is 19.4. The van der Waals surface area contributed by atoms with Gasteiger partial charge in [-0.05, 0) is 55.8 Å². The lowest BCUT2D eigenvalue weighted by Gasteiger charge is -2.26. The van der Waals surface area contributed by atoms with E-state index in [1.807, 2.05) is 6.92 Å². The zero-order valence-corrected chi connectivity index (χ0v) is 20.2. The molecule has 0 aromatic heterocycles. The molecule has 0 saturated carbocycles. The van der Waals surface area contributed by atoms with E-state index in [1.54, 1.807) is 61.5 Å². The zero-order chi connectivity index (χ0) is 24.9. The normalized spacial score (nSPS) is 10.9. The summed E-state index contributed by atoms with van der Waals surface area (Å²) in [5.74, 6) is -0.826. The predicted molar refractivity (Wildman–Crippen MR) is 130 cm³/mol. The first-order valence-electron chi connectivity index (χ1n) is 10.4. The molecule has 0 saturated heterocycles. The third-order valence-corrected chi connectivity index (χ3v) is 7.04. The van der Waals surface area contributed by atoms with Crippen LogP contribution in [0.5, 0.6) is 5.75 Å². The summed E-state index contributed by atoms with van der Waals surface area (Å²) in [6, 6.07) is 17.7. The number of nitrogens with zero attached hydrogens (tertiary/aromatic N) is 1. The van der Waals surface area contributed by atoms with Crippen LogP contribution in [0.15, 0.2) is 71.6 Å². The van der Waals surface area contributed by atoms with Gasteiger partial charge in [0.1, 0.15) is 12.3 Å². The second-order valence-corrected chi connectivity index (χ2v) is 9.38. The number of rotatable bonds is 8. The number of amides is 1. The Balaban J connectivity index is 1.99. The van der Waals surface area contributed by atoms with Gasteiger partial charge in [0, 0.05) is 5.69 Å². The number of nitrogens with one attached hydrogen (secondary N) is 1. The number of sulfonamides is 1. The van der Waals surface area contributed by atoms with Crippen molar-refractivity contribution in [2.75, 3.05) is 30.4 Å². The van der Waals surface area contributed by atoms with E-state index in [1.165, 1.54) is 26.4 Å². The van der Waals surface area contributed by atoms with Gasteiger partial charge in [0.15, 0.2) is 0 Å². The molecule has 34 heavy (non-hydrogen) atoms. The van der Waals surface area contributed by atoms with Gasteiger partial charge in [-0.15, -0.1) is 0 Å². The quantitative estimate of drug-likeness (QED) is 0.488. The average Bonchev–Trinajstić information content (AvgIpc) is 2.83. The van der Waals surface area contributed by atoms with E-state index in [9.17, 15) is 18.0 Å². The van der Waals surface area contributed by atoms with Crippen molar-refractivity contribution in [2.24, 2.45) is 0 Å². The van der Waals surface area contributed by atoms with Gasteiger partial charge in [-0.25, -0.2) is 13.2 Å². The van der Waals surface area contributed by atoms with Gasteiger partial charge in [-0.2, -0.15) is 0 Å². The van der Waals surface area contributed by atoms with E-state index in [0.717, 1.165) is 9.87 Å². The Hall–Kier alpha value is -3.85. The molecule has 0 radical (unpaired) electrons. The van der Waals surface area contributed by atoms with Crippen molar-refractivity contribution in [3.8, 4) is 5.75 Å². The highest BCUT2D eigenvalue weighted by Crippen LogP contribution is 2.32. The maximum absolute atomic E-state index is 13.6. The minimum absolute atomic E-state index is 0.0423. The summed E-state index contributed by atoms with van der Waals surface area (Å²) in [5, 5.41) is 2.71. The molecule has 0 bridgehead atoms. The van der Waals surface area contributed by atoms with Gasteiger partial charge in [-0.3, -0.25) is 9.10 Å². The number of hydrogen-bond acceptors (Lipinski definition) is 6. The lowest BCUT2D eigenvalue weighted by Crippen LogP contribution is -2.38. The summed E-state index contributed by atoms with van der Waals surface area (Å²) < 4.78 is 38.3. The van der Waals surface area contributed by atoms with E-state index >= 15 is 0 Å². The molecule has 0 aliphatic carbocycles. The van der Waals surface area contributed by atoms with Gasteiger partial charge in [-0.1, -0.05) is 35.9 Å². The topological polar surface area (TPSA) is 102 Å². The monoisotopic (exact) mass is 482 g/mol. The lowest BCUT2D eigenvalue weighted by molar-refractivity contribution is -0.114. The molecule has 3 rings (SSSR count). The Morgan fingerprint density at radius 3 is 2.24 bits per heavy atom. The third-order valence-electron chi connectivity index (χ3n) is 5.26. The molecule has 0 heterocycles. The van der Waals surface area contributed by atoms with Gasteiger partial charge >= 0.3 is 5.97 Å². The molecule has 0 aliphatic rings. The van der Waals surface area contributed by atoms with Crippen molar-refractivity contribution in [3.63, 3.8) is 0 Å². The van der Waals surface area contributed by atoms with Crippen molar-refractivity contribution in [3.05, 3.63) is 83.4 Å². The smallest absolute Gasteiger partial charge is 0.338 e. The SMILES string of the molecule is COC(=O)c1cccc(NC(=O)CN(c2ccccc2OC)S(=O)(=O)c2ccc(C)cc2)c1C. The number of benzene rings is 3. The Bertz CT molecular complexity index is 1300. The predicted octanol–water partition coefficient (Wildman–Crippen LogP) is 3.93. The Morgan fingerprint density at radius 1 is 0.912 bits per heavy atom. The summed E-state index contributed by atoms with van der Waals surface area (Å²) in [6.07, 6.45) is 0. The molecule has 3 aromatic carbocycles. The Kier molecular flexibility index (Phi) is 7.57. The van der Waals surface area contributed by atoms with Gasteiger partial charge in [0.25, 0.3) is 10.0 Å². The minimum atomic E-state index is -4.11. The summed E-state index contributed by atoms with van der Waals surface area (Å²) in [5.41, 5.74) is 2.31. The highest BCUT2D eigenvalue weighted by atomic mass is 32.2. The van der Waals surface area contributed by atoms with Crippen LogP contribution in [-0.2, 0) is 19.6 Å². The number of anilines is 2. The molecule has 0 fully saturated rings. The lowest BCUT2D eigenvalue weighted by atomic mass is 10.1. The van der Waals surface area contributed by atoms with Crippen molar-refractivity contribution in [2.45, 2.75) is 18.7 Å². The fraction of sp³-hybridized carbons (Fsp3) is 0.200. The van der Waals surface area contributed by atoms with Crippen LogP contribution >= 0.6 is 0 Å². The molecule has 0 unspecified atom stereocenters. The summed E-state index contributed by atoms with van der Waals surface area (Å²) in [7, 11) is -1.41. The van der Waals surface area contributed by atoms with Crippen LogP contribution in [0, 0.1) is 13.8 Å². The van der Waals surface area contributed by atoms with Crippen molar-refractivity contribution >= 4 is 33.3 Å². The molecule has 1 N–H and O–H groups in total. The first-order valence-corrected chi connectivity index (χ1v) is 11.8. The molecule has 9 heteroatoms. The first-order chi connectivity index (χ1) is 16.2. The number of hydrogen-bond donors (Lipinski definition) is 1. The van der Waals surface area contributed by atoms with E-state index in [4.69, 9.17) is 9.47 Å². The number of aryl methyl sites for hydroxylation is 1. The summed E-state index contributed by atoms with van der Waals surface area (Å²) in [4.78, 5) is 25.1. The second-order valence-electron chi connectivity index (χ2n) is 7.51. The molecule has 3 aromatic rings. The van der Waals surface area contributed by atoms with Crippen LogP contribution in [0.3, 0.4) is 0 Å². The first kappa shape index (κ1) is 24.8. The third kappa shape index (κ3) is 5.20. The molecule has 0 spiro atoms. The standard InChI is InChI=1S/C25H26N2O6S/c1-17-12-14-19(15-13-17)34(30,31)27(22-10-5-6-11-23(22)32-3)16-24(28)26-21-9-7-8-20(18(21)2)25(29)33-4/h5-15H,16H2,1-4H3,(H,26,28). The maximum Gasteiger partial charge on any atom is 0.338 e. The summed E-state index contributed by atoms with van der Waals surface area (Å²) in [6.45, 7) is 3.01. The highest BCUT2D eigenvalue weighted by Gasteiger charge is 2.29. The van der Waals surface area contributed by atoms with Gasteiger partial charge < -0.3 is 14.8 Å². The molecular formula is C25H26N2O6S. The number of para-hydroxylation sites is 2. The van der Waals surface area contributed by atoms with E-state index in [0.29, 0.717) is 22.6 Å². The highest BCUT2D eigenvalue weighted by molar-refractivity contribution is 7.92. The van der Waals surface area contributed by atoms with Crippen LogP contribution in [0.2, 0.25) is 0 Å². The maximum atomic E-state index is 13.6. The van der Waals surface area contributed by atoms with Crippen molar-refractivity contribution in [1.82, 2.24) is 0 Å². The number of carbonyl (C=O) groups is 2. The molecular weight excluding hydrogens is 456 g/mol. The van der Waals surface area contributed by atoms with Crippen LogP contribution in [0.4, 0.5) is 11.4 Å². The Labute approximate surface area is 199 Å². The molecule has 0 atom stereocenters. The van der Waals surface area contributed by atoms with Crippen LogP contribution in [0.1, 0.15) is 21.5 Å². The molecule has 1 amide bonds. The van der Waals surface area contributed by atoms with Crippen LogP contribution in [0.25, 0.3) is 0 Å². The molecule has 0 aliphatic heterocycles. The van der Waals surface area contributed by atoms with Crippen LogP contribution in [-0.4, -0.2) is 41.1 Å². The second kappa shape index (κ2) is 10.4. The van der Waals surface area contributed by atoms with Crippen molar-refractivity contribution < 1.29 is 27.5 Å². The van der Waals surface area contributed by atoms with Crippen LogP contribution < -0.4 is 14.4 Å². The molecule has 8 nitrogen and oxygen atoms in total. The number of carbonyl (C=O) groups excluding carboxylic acids is 2. The largest absolute Gasteiger partial charge is 0.495 e. The summed E-state index contributed by atoms with van der Waals surface area (Å²) >= 11 is 0. The fourth-order valence-corrected chi connectivity index (χ4v) is 4.83. The number of esters is 1. The fourth-order valence-electron chi connectivity index (χ4n) is 3.40. The van der Waals surface area contributed by atoms with E-state index in [-0.39, 0.29) is 10.6 Å². The number of methoxy groups -OCH3 is 2. The average molecular weight is 483 g/mol. The van der Waals surface area contributed by atoms with Gasteiger partial charge in [0.2, 0.25) is 5.91 Å². The van der Waals surface area contributed by atoms with E-state index < -0.39 is 28.4 Å². The Morgan fingerprint density at radius 2 is 1.59 bits per heavy atom. The molecule has 178 valence electrons. The van der Waals surface area contributed by atoms with E-state index in [2.05, 4.69) is 5.32 Å². The van der Waals surface area contributed by atoms with Crippen molar-refractivity contribution in [1.29, 1.82) is 0 Å². The minimum Gasteiger partial charge on any atom is -0.495 e. The van der Waals surface area contributed by atoms with Gasteiger partial charge in [0.05, 0.1) is 30.4 Å². The number of ether oxygens (including phenoxy) is 2.